The predicted octanol–water partition coefficient (Wildman–Crippen LogP) is 4.08. The second-order valence-corrected chi connectivity index (χ2v) is 8.29. The van der Waals surface area contributed by atoms with Gasteiger partial charge in [0, 0.05) is 25.6 Å². The minimum Gasteiger partial charge on any atom is -0.426 e. The van der Waals surface area contributed by atoms with E-state index in [0.29, 0.717) is 36.6 Å². The highest BCUT2D eigenvalue weighted by molar-refractivity contribution is 5.69. The van der Waals surface area contributed by atoms with Crippen molar-refractivity contribution in [3.8, 4) is 5.75 Å². The first kappa shape index (κ1) is 28.0. The average Bonchev–Trinajstić information content (AvgIpc) is 2.84. The van der Waals surface area contributed by atoms with Crippen LogP contribution in [0.5, 0.6) is 5.75 Å². The molecule has 0 aliphatic carbocycles. The van der Waals surface area contributed by atoms with E-state index in [1.54, 1.807) is 18.2 Å². The maximum Gasteiger partial charge on any atom is 0.308 e. The topological polar surface area (TPSA) is 97.3 Å². The summed E-state index contributed by atoms with van der Waals surface area (Å²) in [5.74, 6) is -0.129. The van der Waals surface area contributed by atoms with E-state index in [2.05, 4.69) is 24.4 Å². The molecule has 0 bridgehead atoms. The summed E-state index contributed by atoms with van der Waals surface area (Å²) in [6.45, 7) is 6.28. The van der Waals surface area contributed by atoms with Gasteiger partial charge in [-0.3, -0.25) is 4.79 Å². The fourth-order valence-corrected chi connectivity index (χ4v) is 3.56. The Kier molecular flexibility index (Phi) is 13.4. The summed E-state index contributed by atoms with van der Waals surface area (Å²) in [5.41, 5.74) is 2.33. The molecule has 2 rings (SSSR count). The monoisotopic (exact) mass is 473 g/mol. The molecule has 0 aliphatic rings. The number of benzene rings is 2. The first-order valence-corrected chi connectivity index (χ1v) is 12.1. The van der Waals surface area contributed by atoms with Crippen LogP contribution in [-0.4, -0.2) is 49.1 Å². The third-order valence-electron chi connectivity index (χ3n) is 5.49. The SMILES string of the molecule is CC(=O)Oc1ccc(C(O)CNCCCCCCOCCOC(C)c2ccccc2)cc1CO. The van der Waals surface area contributed by atoms with Crippen LogP contribution in [0.1, 0.15) is 68.4 Å². The second kappa shape index (κ2) is 16.4. The van der Waals surface area contributed by atoms with Gasteiger partial charge in [0.1, 0.15) is 5.75 Å². The first-order chi connectivity index (χ1) is 16.5. The molecule has 0 amide bonds. The highest BCUT2D eigenvalue weighted by Gasteiger charge is 2.12. The molecule has 7 heteroatoms. The normalized spacial score (nSPS) is 12.9. The summed E-state index contributed by atoms with van der Waals surface area (Å²) in [6, 6.07) is 15.1. The number of carbonyl (C=O) groups is 1. The lowest BCUT2D eigenvalue weighted by molar-refractivity contribution is -0.131. The number of hydrogen-bond acceptors (Lipinski definition) is 7. The zero-order valence-electron chi connectivity index (χ0n) is 20.4. The molecular weight excluding hydrogens is 434 g/mol. The van der Waals surface area contributed by atoms with E-state index in [-0.39, 0.29) is 12.7 Å². The maximum absolute atomic E-state index is 11.1. The summed E-state index contributed by atoms with van der Waals surface area (Å²) < 4.78 is 16.5. The second-order valence-electron chi connectivity index (χ2n) is 8.29. The van der Waals surface area contributed by atoms with Crippen LogP contribution in [0.15, 0.2) is 48.5 Å². The van der Waals surface area contributed by atoms with Crippen molar-refractivity contribution < 1.29 is 29.2 Å². The molecule has 0 aliphatic heterocycles. The summed E-state index contributed by atoms with van der Waals surface area (Å²) in [6.07, 6.45) is 3.63. The molecule has 0 saturated heterocycles. The Morgan fingerprint density at radius 3 is 2.47 bits per heavy atom. The summed E-state index contributed by atoms with van der Waals surface area (Å²) in [7, 11) is 0. The van der Waals surface area contributed by atoms with E-state index in [1.165, 1.54) is 12.5 Å². The van der Waals surface area contributed by atoms with E-state index in [9.17, 15) is 15.0 Å². The molecular formula is C27H39NO6. The van der Waals surface area contributed by atoms with E-state index in [0.717, 1.165) is 38.8 Å². The summed E-state index contributed by atoms with van der Waals surface area (Å²) in [5, 5.41) is 23.1. The fourth-order valence-electron chi connectivity index (χ4n) is 3.56. The van der Waals surface area contributed by atoms with Crippen LogP contribution < -0.4 is 10.1 Å². The molecule has 2 aromatic carbocycles. The zero-order chi connectivity index (χ0) is 24.6. The third kappa shape index (κ3) is 10.8. The lowest BCUT2D eigenvalue weighted by atomic mass is 10.1. The molecule has 0 spiro atoms. The van der Waals surface area contributed by atoms with E-state index in [1.807, 2.05) is 18.2 Å². The molecule has 0 aromatic heterocycles. The van der Waals surface area contributed by atoms with Crippen molar-refractivity contribution in [2.45, 2.75) is 58.3 Å². The van der Waals surface area contributed by atoms with Crippen LogP contribution in [0.25, 0.3) is 0 Å². The van der Waals surface area contributed by atoms with Gasteiger partial charge >= 0.3 is 5.97 Å². The number of unbranched alkanes of at least 4 members (excludes halogenated alkanes) is 3. The molecule has 0 heterocycles. The quantitative estimate of drug-likeness (QED) is 0.181. The van der Waals surface area contributed by atoms with Gasteiger partial charge in [0.15, 0.2) is 0 Å². The van der Waals surface area contributed by atoms with Crippen molar-refractivity contribution >= 4 is 5.97 Å². The number of rotatable bonds is 17. The number of ether oxygens (including phenoxy) is 3. The molecule has 2 unspecified atom stereocenters. The largest absolute Gasteiger partial charge is 0.426 e. The van der Waals surface area contributed by atoms with E-state index in [4.69, 9.17) is 14.2 Å². The van der Waals surface area contributed by atoms with Gasteiger partial charge in [-0.05, 0) is 49.6 Å². The molecule has 2 atom stereocenters. The van der Waals surface area contributed by atoms with Crippen LogP contribution in [-0.2, 0) is 20.9 Å². The minimum atomic E-state index is -0.697. The molecule has 0 radical (unpaired) electrons. The molecule has 0 fully saturated rings. The van der Waals surface area contributed by atoms with Crippen molar-refractivity contribution in [1.82, 2.24) is 5.32 Å². The van der Waals surface area contributed by atoms with Gasteiger partial charge < -0.3 is 29.7 Å². The van der Waals surface area contributed by atoms with Gasteiger partial charge in [-0.25, -0.2) is 0 Å². The Balaban J connectivity index is 1.47. The number of aliphatic hydroxyl groups is 2. The smallest absolute Gasteiger partial charge is 0.308 e. The Morgan fingerprint density at radius 2 is 1.74 bits per heavy atom. The zero-order valence-corrected chi connectivity index (χ0v) is 20.4. The van der Waals surface area contributed by atoms with Crippen LogP contribution >= 0.6 is 0 Å². The Bertz CT molecular complexity index is 829. The first-order valence-electron chi connectivity index (χ1n) is 12.1. The van der Waals surface area contributed by atoms with Crippen LogP contribution in [0.2, 0.25) is 0 Å². The molecule has 0 saturated carbocycles. The van der Waals surface area contributed by atoms with E-state index < -0.39 is 12.1 Å². The average molecular weight is 474 g/mol. The minimum absolute atomic E-state index is 0.0765. The molecule has 2 aromatic rings. The molecule has 188 valence electrons. The molecule has 7 nitrogen and oxygen atoms in total. The van der Waals surface area contributed by atoms with Crippen LogP contribution in [0, 0.1) is 0 Å². The predicted molar refractivity (Wildman–Crippen MR) is 132 cm³/mol. The van der Waals surface area contributed by atoms with Crippen molar-refractivity contribution in [1.29, 1.82) is 0 Å². The van der Waals surface area contributed by atoms with Gasteiger partial charge in [-0.1, -0.05) is 49.2 Å². The summed E-state index contributed by atoms with van der Waals surface area (Å²) in [4.78, 5) is 11.1. The van der Waals surface area contributed by atoms with Gasteiger partial charge in [0.05, 0.1) is 32.0 Å². The lowest BCUT2D eigenvalue weighted by Crippen LogP contribution is -2.22. The number of hydrogen-bond donors (Lipinski definition) is 3. The van der Waals surface area contributed by atoms with Gasteiger partial charge in [0.25, 0.3) is 0 Å². The van der Waals surface area contributed by atoms with E-state index >= 15 is 0 Å². The summed E-state index contributed by atoms with van der Waals surface area (Å²) >= 11 is 0. The maximum atomic E-state index is 11.1. The molecule has 34 heavy (non-hydrogen) atoms. The fraction of sp³-hybridized carbons (Fsp3) is 0.519. The van der Waals surface area contributed by atoms with Crippen LogP contribution in [0.3, 0.4) is 0 Å². The number of nitrogens with one attached hydrogen (secondary N) is 1. The third-order valence-corrected chi connectivity index (χ3v) is 5.49. The Labute approximate surface area is 203 Å². The number of aliphatic hydroxyl groups excluding tert-OH is 2. The highest BCUT2D eigenvalue weighted by Crippen LogP contribution is 2.24. The van der Waals surface area contributed by atoms with Crippen molar-refractivity contribution in [3.05, 3.63) is 65.2 Å². The lowest BCUT2D eigenvalue weighted by Gasteiger charge is -2.15. The van der Waals surface area contributed by atoms with Crippen LogP contribution in [0.4, 0.5) is 0 Å². The van der Waals surface area contributed by atoms with Gasteiger partial charge in [-0.15, -0.1) is 0 Å². The van der Waals surface area contributed by atoms with Gasteiger partial charge in [0.2, 0.25) is 0 Å². The highest BCUT2D eigenvalue weighted by atomic mass is 16.5. The van der Waals surface area contributed by atoms with Crippen molar-refractivity contribution in [2.24, 2.45) is 0 Å². The van der Waals surface area contributed by atoms with Crippen molar-refractivity contribution in [3.63, 3.8) is 0 Å². The Hall–Kier alpha value is -2.29. The molecule has 3 N–H and O–H groups in total. The standard InChI is InChI=1S/C27H39NO6/c1-21(23-10-6-5-7-11-23)33-17-16-32-15-9-4-3-8-14-28-19-26(31)24-12-13-27(34-22(2)30)25(18-24)20-29/h5-7,10-13,18,21,26,28-29,31H,3-4,8-9,14-17,19-20H2,1-2H3. The number of esters is 1. The number of carbonyl (C=O) groups excluding carboxylic acids is 1. The van der Waals surface area contributed by atoms with Crippen molar-refractivity contribution in [2.75, 3.05) is 32.9 Å². The van der Waals surface area contributed by atoms with Gasteiger partial charge in [-0.2, -0.15) is 0 Å². The Morgan fingerprint density at radius 1 is 0.971 bits per heavy atom.